The van der Waals surface area contributed by atoms with Gasteiger partial charge >= 0.3 is 0 Å². The predicted octanol–water partition coefficient (Wildman–Crippen LogP) is 0.600. The standard InChI is InChI=1S/C8H7ClN6/c9-6-5(7(10)11)1-2-13-8(6)15-4-12-3-14-15/h1-4H,(H3,10,11). The molecule has 0 aromatic carbocycles. The van der Waals surface area contributed by atoms with E-state index >= 15 is 0 Å². The average Bonchev–Trinajstić information content (AvgIpc) is 2.70. The van der Waals surface area contributed by atoms with E-state index in [1.54, 1.807) is 6.07 Å². The molecule has 0 aliphatic rings. The van der Waals surface area contributed by atoms with Crippen molar-refractivity contribution in [3.05, 3.63) is 35.5 Å². The summed E-state index contributed by atoms with van der Waals surface area (Å²) in [6.07, 6.45) is 4.36. The third-order valence-electron chi connectivity index (χ3n) is 1.80. The monoisotopic (exact) mass is 222 g/mol. The fraction of sp³-hybridized carbons (Fsp3) is 0. The lowest BCUT2D eigenvalue weighted by molar-refractivity contribution is 0.845. The van der Waals surface area contributed by atoms with Crippen molar-refractivity contribution in [2.75, 3.05) is 0 Å². The first-order valence-electron chi connectivity index (χ1n) is 4.04. The Kier molecular flexibility index (Phi) is 2.34. The number of nitrogens with one attached hydrogen (secondary N) is 1. The molecule has 2 aromatic rings. The fourth-order valence-corrected chi connectivity index (χ4v) is 1.42. The molecule has 0 amide bonds. The van der Waals surface area contributed by atoms with Crippen LogP contribution in [0.25, 0.3) is 5.82 Å². The van der Waals surface area contributed by atoms with Gasteiger partial charge in [-0.2, -0.15) is 5.10 Å². The second-order valence-corrected chi connectivity index (χ2v) is 3.13. The van der Waals surface area contributed by atoms with Gasteiger partial charge in [0.05, 0.1) is 5.02 Å². The Hall–Kier alpha value is -1.95. The lowest BCUT2D eigenvalue weighted by Crippen LogP contribution is -2.13. The van der Waals surface area contributed by atoms with Gasteiger partial charge in [-0.3, -0.25) is 5.41 Å². The highest BCUT2D eigenvalue weighted by Gasteiger charge is 2.11. The summed E-state index contributed by atoms with van der Waals surface area (Å²) in [5.74, 6) is 0.297. The van der Waals surface area contributed by atoms with Gasteiger partial charge in [-0.15, -0.1) is 0 Å². The van der Waals surface area contributed by atoms with Crippen molar-refractivity contribution in [2.24, 2.45) is 5.73 Å². The minimum atomic E-state index is -0.108. The third kappa shape index (κ3) is 1.66. The summed E-state index contributed by atoms with van der Waals surface area (Å²) < 4.78 is 1.41. The highest BCUT2D eigenvalue weighted by atomic mass is 35.5. The Morgan fingerprint density at radius 2 is 2.33 bits per heavy atom. The maximum atomic E-state index is 7.32. The molecule has 0 aliphatic heterocycles. The summed E-state index contributed by atoms with van der Waals surface area (Å²) in [5.41, 5.74) is 5.79. The molecule has 0 fully saturated rings. The molecular weight excluding hydrogens is 216 g/mol. The number of aromatic nitrogens is 4. The fourth-order valence-electron chi connectivity index (χ4n) is 1.12. The summed E-state index contributed by atoms with van der Waals surface area (Å²) in [4.78, 5) is 7.82. The molecule has 2 aromatic heterocycles. The number of hydrogen-bond acceptors (Lipinski definition) is 4. The molecule has 7 heteroatoms. The molecule has 0 bridgehead atoms. The smallest absolute Gasteiger partial charge is 0.174 e. The van der Waals surface area contributed by atoms with E-state index in [9.17, 15) is 0 Å². The molecule has 0 spiro atoms. The van der Waals surface area contributed by atoms with Crippen LogP contribution in [0.5, 0.6) is 0 Å². The van der Waals surface area contributed by atoms with Crippen LogP contribution in [0.3, 0.4) is 0 Å². The number of nitrogen functional groups attached to an aromatic ring is 1. The molecule has 0 unspecified atom stereocenters. The Morgan fingerprint density at radius 1 is 1.53 bits per heavy atom. The van der Waals surface area contributed by atoms with E-state index in [0.29, 0.717) is 11.4 Å². The molecule has 0 aliphatic carbocycles. The minimum Gasteiger partial charge on any atom is -0.384 e. The summed E-state index contributed by atoms with van der Waals surface area (Å²) >= 11 is 6.02. The van der Waals surface area contributed by atoms with Gasteiger partial charge in [0, 0.05) is 11.8 Å². The molecule has 0 saturated heterocycles. The average molecular weight is 223 g/mol. The van der Waals surface area contributed by atoms with E-state index in [1.165, 1.54) is 23.5 Å². The zero-order chi connectivity index (χ0) is 10.8. The van der Waals surface area contributed by atoms with E-state index in [0.717, 1.165) is 0 Å². The first-order chi connectivity index (χ1) is 7.20. The van der Waals surface area contributed by atoms with Crippen molar-refractivity contribution >= 4 is 17.4 Å². The molecule has 0 atom stereocenters. The first kappa shape index (κ1) is 9.60. The van der Waals surface area contributed by atoms with Gasteiger partial charge in [0.2, 0.25) is 0 Å². The summed E-state index contributed by atoms with van der Waals surface area (Å²) in [5, 5.41) is 11.5. The van der Waals surface area contributed by atoms with Crippen LogP contribution < -0.4 is 5.73 Å². The number of hydrogen-bond donors (Lipinski definition) is 2. The van der Waals surface area contributed by atoms with Crippen LogP contribution >= 0.6 is 11.6 Å². The SMILES string of the molecule is N=C(N)c1ccnc(-n2cncn2)c1Cl. The van der Waals surface area contributed by atoms with Crippen LogP contribution in [-0.2, 0) is 0 Å². The van der Waals surface area contributed by atoms with Crippen LogP contribution in [0.1, 0.15) is 5.56 Å². The molecular formula is C8H7ClN6. The summed E-state index contributed by atoms with van der Waals surface area (Å²) in [6, 6.07) is 1.57. The second-order valence-electron chi connectivity index (χ2n) is 2.75. The molecule has 76 valence electrons. The Labute approximate surface area is 90.2 Å². The van der Waals surface area contributed by atoms with Crippen molar-refractivity contribution in [1.29, 1.82) is 5.41 Å². The van der Waals surface area contributed by atoms with Gasteiger partial charge in [-0.25, -0.2) is 14.6 Å². The number of pyridine rings is 1. The van der Waals surface area contributed by atoms with Crippen LogP contribution in [-0.4, -0.2) is 25.6 Å². The molecule has 2 rings (SSSR count). The second kappa shape index (κ2) is 3.66. The van der Waals surface area contributed by atoms with Gasteiger partial charge in [-0.05, 0) is 6.07 Å². The molecule has 15 heavy (non-hydrogen) atoms. The summed E-state index contributed by atoms with van der Waals surface area (Å²) in [7, 11) is 0. The van der Waals surface area contributed by atoms with Crippen molar-refractivity contribution in [3.8, 4) is 5.82 Å². The van der Waals surface area contributed by atoms with Gasteiger partial charge in [0.25, 0.3) is 0 Å². The summed E-state index contributed by atoms with van der Waals surface area (Å²) in [6.45, 7) is 0. The predicted molar refractivity (Wildman–Crippen MR) is 55.2 cm³/mol. The van der Waals surface area contributed by atoms with E-state index in [-0.39, 0.29) is 10.9 Å². The van der Waals surface area contributed by atoms with Crippen LogP contribution in [0.15, 0.2) is 24.9 Å². The van der Waals surface area contributed by atoms with Crippen LogP contribution in [0.2, 0.25) is 5.02 Å². The molecule has 0 saturated carbocycles. The highest BCUT2D eigenvalue weighted by Crippen LogP contribution is 2.20. The Bertz CT molecular complexity index is 492. The topological polar surface area (TPSA) is 93.5 Å². The number of nitrogens with two attached hydrogens (primary N) is 1. The number of rotatable bonds is 2. The van der Waals surface area contributed by atoms with Gasteiger partial charge in [-0.1, -0.05) is 11.6 Å². The molecule has 6 nitrogen and oxygen atoms in total. The van der Waals surface area contributed by atoms with E-state index in [1.807, 2.05) is 0 Å². The number of halogens is 1. The van der Waals surface area contributed by atoms with Crippen molar-refractivity contribution in [2.45, 2.75) is 0 Å². The normalized spacial score (nSPS) is 10.2. The maximum Gasteiger partial charge on any atom is 0.174 e. The lowest BCUT2D eigenvalue weighted by atomic mass is 10.2. The Morgan fingerprint density at radius 3 is 2.93 bits per heavy atom. The van der Waals surface area contributed by atoms with Crippen molar-refractivity contribution in [1.82, 2.24) is 19.7 Å². The Balaban J connectivity index is 2.59. The molecule has 2 heterocycles. The maximum absolute atomic E-state index is 7.32. The zero-order valence-corrected chi connectivity index (χ0v) is 8.31. The zero-order valence-electron chi connectivity index (χ0n) is 7.55. The first-order valence-corrected chi connectivity index (χ1v) is 4.42. The third-order valence-corrected chi connectivity index (χ3v) is 2.17. The van der Waals surface area contributed by atoms with E-state index in [2.05, 4.69) is 15.1 Å². The van der Waals surface area contributed by atoms with E-state index < -0.39 is 0 Å². The van der Waals surface area contributed by atoms with Crippen molar-refractivity contribution < 1.29 is 0 Å². The van der Waals surface area contributed by atoms with Crippen LogP contribution in [0, 0.1) is 5.41 Å². The van der Waals surface area contributed by atoms with E-state index in [4.69, 9.17) is 22.7 Å². The van der Waals surface area contributed by atoms with Gasteiger partial charge in [0.1, 0.15) is 18.5 Å². The lowest BCUT2D eigenvalue weighted by Gasteiger charge is -2.06. The molecule has 0 radical (unpaired) electrons. The van der Waals surface area contributed by atoms with Crippen molar-refractivity contribution in [3.63, 3.8) is 0 Å². The highest BCUT2D eigenvalue weighted by molar-refractivity contribution is 6.35. The molecule has 3 N–H and O–H groups in total. The van der Waals surface area contributed by atoms with Gasteiger partial charge in [0.15, 0.2) is 5.82 Å². The quantitative estimate of drug-likeness (QED) is 0.575. The largest absolute Gasteiger partial charge is 0.384 e. The minimum absolute atomic E-state index is 0.108. The number of nitrogens with zero attached hydrogens (tertiary/aromatic N) is 4. The number of amidine groups is 1. The van der Waals surface area contributed by atoms with Crippen LogP contribution in [0.4, 0.5) is 0 Å². The van der Waals surface area contributed by atoms with Gasteiger partial charge < -0.3 is 5.73 Å².